The Morgan fingerprint density at radius 3 is 2.43 bits per heavy atom. The molecule has 0 saturated heterocycles. The molecule has 1 atom stereocenters. The van der Waals surface area contributed by atoms with Gasteiger partial charge in [0.25, 0.3) is 0 Å². The van der Waals surface area contributed by atoms with Crippen molar-refractivity contribution in [1.29, 1.82) is 0 Å². The van der Waals surface area contributed by atoms with E-state index in [0.717, 1.165) is 10.3 Å². The van der Waals surface area contributed by atoms with E-state index in [-0.39, 0.29) is 11.3 Å². The normalized spacial score (nSPS) is 14.1. The van der Waals surface area contributed by atoms with Crippen LogP contribution in [0.3, 0.4) is 0 Å². The highest BCUT2D eigenvalue weighted by Gasteiger charge is 2.24. The van der Waals surface area contributed by atoms with Crippen LogP contribution in [0.5, 0.6) is 0 Å². The van der Waals surface area contributed by atoms with Crippen molar-refractivity contribution in [3.8, 4) is 0 Å². The lowest BCUT2D eigenvalue weighted by atomic mass is 9.81. The summed E-state index contributed by atoms with van der Waals surface area (Å²) >= 11 is 9.18. The minimum atomic E-state index is 0.150. The Labute approximate surface area is 98.2 Å². The van der Waals surface area contributed by atoms with Crippen molar-refractivity contribution in [2.24, 2.45) is 5.41 Å². The number of halogens is 2. The van der Waals surface area contributed by atoms with Gasteiger partial charge in [-0.15, -0.1) is 0 Å². The van der Waals surface area contributed by atoms with E-state index in [9.17, 15) is 0 Å². The highest BCUT2D eigenvalue weighted by atomic mass is 79.9. The van der Waals surface area contributed by atoms with Crippen LogP contribution in [-0.4, -0.2) is 9.97 Å². The van der Waals surface area contributed by atoms with E-state index >= 15 is 0 Å². The Morgan fingerprint density at radius 2 is 2.00 bits per heavy atom. The fourth-order valence-corrected chi connectivity index (χ4v) is 1.28. The smallest absolute Gasteiger partial charge is 0.146 e. The van der Waals surface area contributed by atoms with Gasteiger partial charge < -0.3 is 0 Å². The van der Waals surface area contributed by atoms with Gasteiger partial charge in [0.2, 0.25) is 0 Å². The molecule has 0 spiro atoms. The molecule has 0 aromatic carbocycles. The first-order valence-corrected chi connectivity index (χ1v) is 5.67. The van der Waals surface area contributed by atoms with Crippen LogP contribution >= 0.6 is 27.5 Å². The second-order valence-corrected chi connectivity index (χ2v) is 5.67. The average Bonchev–Trinajstić information content (AvgIpc) is 2.07. The zero-order chi connectivity index (χ0) is 10.9. The van der Waals surface area contributed by atoms with Crippen LogP contribution in [0.2, 0.25) is 5.15 Å². The first kappa shape index (κ1) is 11.9. The standard InChI is InChI=1S/C10H14BrClN2/c1-6(10(2,3)4)9-13-5-7(11)8(12)14-9/h5-6H,1-4H3. The van der Waals surface area contributed by atoms with Crippen molar-refractivity contribution in [2.45, 2.75) is 33.6 Å². The van der Waals surface area contributed by atoms with Gasteiger partial charge in [-0.1, -0.05) is 39.3 Å². The molecule has 0 aliphatic rings. The van der Waals surface area contributed by atoms with Crippen molar-refractivity contribution in [3.63, 3.8) is 0 Å². The van der Waals surface area contributed by atoms with Gasteiger partial charge >= 0.3 is 0 Å². The maximum absolute atomic E-state index is 5.91. The largest absolute Gasteiger partial charge is 0.240 e. The van der Waals surface area contributed by atoms with Crippen LogP contribution in [0.1, 0.15) is 39.4 Å². The van der Waals surface area contributed by atoms with Gasteiger partial charge in [-0.25, -0.2) is 9.97 Å². The zero-order valence-corrected chi connectivity index (χ0v) is 11.1. The molecule has 1 heterocycles. The molecule has 0 radical (unpaired) electrons. The van der Waals surface area contributed by atoms with Gasteiger partial charge in [-0.05, 0) is 21.3 Å². The molecule has 4 heteroatoms. The highest BCUT2D eigenvalue weighted by molar-refractivity contribution is 9.10. The van der Waals surface area contributed by atoms with Gasteiger partial charge in [0.15, 0.2) is 0 Å². The molecular weight excluding hydrogens is 263 g/mol. The van der Waals surface area contributed by atoms with Crippen molar-refractivity contribution in [2.75, 3.05) is 0 Å². The molecule has 0 fully saturated rings. The fourth-order valence-electron chi connectivity index (χ4n) is 0.955. The molecule has 1 unspecified atom stereocenters. The summed E-state index contributed by atoms with van der Waals surface area (Å²) < 4.78 is 0.740. The lowest BCUT2D eigenvalue weighted by Gasteiger charge is -2.25. The maximum atomic E-state index is 5.91. The van der Waals surface area contributed by atoms with Gasteiger partial charge in [0.1, 0.15) is 11.0 Å². The van der Waals surface area contributed by atoms with Gasteiger partial charge in [0, 0.05) is 12.1 Å². The van der Waals surface area contributed by atoms with Crippen molar-refractivity contribution >= 4 is 27.5 Å². The third-order valence-corrected chi connectivity index (χ3v) is 3.50. The quantitative estimate of drug-likeness (QED) is 0.724. The van der Waals surface area contributed by atoms with E-state index in [2.05, 4.69) is 53.6 Å². The molecule has 2 nitrogen and oxygen atoms in total. The third-order valence-electron chi connectivity index (χ3n) is 2.41. The van der Waals surface area contributed by atoms with Crippen LogP contribution < -0.4 is 0 Å². The Morgan fingerprint density at radius 1 is 1.43 bits per heavy atom. The summed E-state index contributed by atoms with van der Waals surface area (Å²) in [5.74, 6) is 1.08. The van der Waals surface area contributed by atoms with Crippen LogP contribution in [0, 0.1) is 5.41 Å². The summed E-state index contributed by atoms with van der Waals surface area (Å²) in [5.41, 5.74) is 0.150. The van der Waals surface area contributed by atoms with Gasteiger partial charge in [-0.2, -0.15) is 0 Å². The van der Waals surface area contributed by atoms with E-state index < -0.39 is 0 Å². The molecule has 0 bridgehead atoms. The van der Waals surface area contributed by atoms with E-state index in [1.807, 2.05) is 0 Å². The summed E-state index contributed by atoms with van der Waals surface area (Å²) in [6.07, 6.45) is 1.70. The predicted octanol–water partition coefficient (Wildman–Crippen LogP) is 4.04. The maximum Gasteiger partial charge on any atom is 0.146 e. The molecule has 1 aromatic heterocycles. The first-order chi connectivity index (χ1) is 6.32. The summed E-state index contributed by atoms with van der Waals surface area (Å²) in [7, 11) is 0. The second kappa shape index (κ2) is 4.15. The number of hydrogen-bond donors (Lipinski definition) is 0. The lowest BCUT2D eigenvalue weighted by molar-refractivity contribution is 0.328. The number of aromatic nitrogens is 2. The fraction of sp³-hybridized carbons (Fsp3) is 0.600. The molecule has 0 saturated carbocycles. The van der Waals surface area contributed by atoms with E-state index in [4.69, 9.17) is 11.6 Å². The summed E-state index contributed by atoms with van der Waals surface area (Å²) in [6.45, 7) is 8.60. The molecule has 1 rings (SSSR count). The molecule has 0 aliphatic carbocycles. The van der Waals surface area contributed by atoms with Crippen LogP contribution in [-0.2, 0) is 0 Å². The number of hydrogen-bond acceptors (Lipinski definition) is 2. The summed E-state index contributed by atoms with van der Waals surface area (Å²) in [4.78, 5) is 8.51. The molecule has 0 amide bonds. The Hall–Kier alpha value is -0.150. The molecule has 1 aromatic rings. The van der Waals surface area contributed by atoms with Crippen molar-refractivity contribution < 1.29 is 0 Å². The molecule has 78 valence electrons. The second-order valence-electron chi connectivity index (χ2n) is 4.45. The Kier molecular flexibility index (Phi) is 3.53. The molecular formula is C10H14BrClN2. The molecule has 0 N–H and O–H groups in total. The Bertz CT molecular complexity index is 333. The SMILES string of the molecule is CC(c1ncc(Br)c(Cl)n1)C(C)(C)C. The van der Waals surface area contributed by atoms with Crippen LogP contribution in [0.15, 0.2) is 10.7 Å². The van der Waals surface area contributed by atoms with Gasteiger partial charge in [-0.3, -0.25) is 0 Å². The monoisotopic (exact) mass is 276 g/mol. The molecule has 14 heavy (non-hydrogen) atoms. The highest BCUT2D eigenvalue weighted by Crippen LogP contribution is 2.33. The zero-order valence-electron chi connectivity index (χ0n) is 8.81. The Balaban J connectivity index is 3.03. The van der Waals surface area contributed by atoms with Crippen molar-refractivity contribution in [3.05, 3.63) is 21.6 Å². The van der Waals surface area contributed by atoms with E-state index in [1.165, 1.54) is 0 Å². The van der Waals surface area contributed by atoms with Crippen LogP contribution in [0.25, 0.3) is 0 Å². The minimum Gasteiger partial charge on any atom is -0.240 e. The summed E-state index contributed by atoms with van der Waals surface area (Å²) in [5, 5.41) is 0.478. The third kappa shape index (κ3) is 2.67. The topological polar surface area (TPSA) is 25.8 Å². The summed E-state index contributed by atoms with van der Waals surface area (Å²) in [6, 6.07) is 0. The van der Waals surface area contributed by atoms with Crippen LogP contribution in [0.4, 0.5) is 0 Å². The first-order valence-electron chi connectivity index (χ1n) is 4.50. The number of rotatable bonds is 1. The number of nitrogens with zero attached hydrogens (tertiary/aromatic N) is 2. The van der Waals surface area contributed by atoms with Crippen molar-refractivity contribution in [1.82, 2.24) is 9.97 Å². The molecule has 0 aliphatic heterocycles. The lowest BCUT2D eigenvalue weighted by Crippen LogP contribution is -2.17. The minimum absolute atomic E-state index is 0.150. The predicted molar refractivity (Wildman–Crippen MR) is 62.6 cm³/mol. The van der Waals surface area contributed by atoms with E-state index in [1.54, 1.807) is 6.20 Å². The van der Waals surface area contributed by atoms with E-state index in [0.29, 0.717) is 5.15 Å². The van der Waals surface area contributed by atoms with Gasteiger partial charge in [0.05, 0.1) is 4.47 Å². The average molecular weight is 278 g/mol.